The lowest BCUT2D eigenvalue weighted by molar-refractivity contribution is -0.140. The SMILES string of the molecule is Cc1ccc(N(CCCC(=O)N(Cc2c(Cl)cccc2Cl)[C@@H](C)C(=O)NC(C)C)S(C)(=O)=O)cc1C. The van der Waals surface area contributed by atoms with Gasteiger partial charge in [-0.15, -0.1) is 0 Å². The Kier molecular flexibility index (Phi) is 10.6. The maximum Gasteiger partial charge on any atom is 0.242 e. The maximum atomic E-state index is 13.4. The van der Waals surface area contributed by atoms with Crippen molar-refractivity contribution in [3.8, 4) is 0 Å². The number of anilines is 1. The van der Waals surface area contributed by atoms with Crippen molar-refractivity contribution >= 4 is 50.7 Å². The van der Waals surface area contributed by atoms with Crippen molar-refractivity contribution in [2.24, 2.45) is 0 Å². The molecule has 0 radical (unpaired) electrons. The van der Waals surface area contributed by atoms with Crippen LogP contribution in [0.15, 0.2) is 36.4 Å². The number of carbonyl (C=O) groups is 2. The van der Waals surface area contributed by atoms with E-state index >= 15 is 0 Å². The number of nitrogens with zero attached hydrogens (tertiary/aromatic N) is 2. The van der Waals surface area contributed by atoms with Gasteiger partial charge in [0.25, 0.3) is 0 Å². The third kappa shape index (κ3) is 8.11. The number of hydrogen-bond acceptors (Lipinski definition) is 4. The van der Waals surface area contributed by atoms with Gasteiger partial charge in [0.15, 0.2) is 0 Å². The molecule has 0 saturated carbocycles. The first-order valence-electron chi connectivity index (χ1n) is 11.8. The van der Waals surface area contributed by atoms with Gasteiger partial charge in [0.05, 0.1) is 11.9 Å². The number of rotatable bonds is 11. The summed E-state index contributed by atoms with van der Waals surface area (Å²) < 4.78 is 26.3. The first kappa shape index (κ1) is 29.9. The largest absolute Gasteiger partial charge is 0.352 e. The summed E-state index contributed by atoms with van der Waals surface area (Å²) in [5.74, 6) is -0.597. The van der Waals surface area contributed by atoms with Gasteiger partial charge in [0.1, 0.15) is 6.04 Å². The highest BCUT2D eigenvalue weighted by atomic mass is 35.5. The van der Waals surface area contributed by atoms with Crippen molar-refractivity contribution in [3.05, 3.63) is 63.1 Å². The number of amides is 2. The lowest BCUT2D eigenvalue weighted by Crippen LogP contribution is -2.49. The first-order chi connectivity index (χ1) is 16.7. The van der Waals surface area contributed by atoms with Crippen molar-refractivity contribution in [2.75, 3.05) is 17.1 Å². The number of nitrogens with one attached hydrogen (secondary N) is 1. The second kappa shape index (κ2) is 12.8. The summed E-state index contributed by atoms with van der Waals surface area (Å²) in [6.45, 7) is 9.39. The van der Waals surface area contributed by atoms with Gasteiger partial charge in [0, 0.05) is 41.2 Å². The second-order valence-corrected chi connectivity index (χ2v) is 12.0. The van der Waals surface area contributed by atoms with Crippen LogP contribution in [0.5, 0.6) is 0 Å². The number of aryl methyl sites for hydroxylation is 2. The molecule has 198 valence electrons. The van der Waals surface area contributed by atoms with Crippen LogP contribution in [0.25, 0.3) is 0 Å². The molecule has 10 heteroatoms. The lowest BCUT2D eigenvalue weighted by Gasteiger charge is -2.30. The molecule has 0 unspecified atom stereocenters. The van der Waals surface area contributed by atoms with Crippen LogP contribution in [0.2, 0.25) is 10.0 Å². The first-order valence-corrected chi connectivity index (χ1v) is 14.4. The summed E-state index contributed by atoms with van der Waals surface area (Å²) in [4.78, 5) is 27.6. The molecule has 2 aromatic carbocycles. The Morgan fingerprint density at radius 3 is 2.14 bits per heavy atom. The fourth-order valence-corrected chi connectivity index (χ4v) is 5.20. The predicted molar refractivity (Wildman–Crippen MR) is 147 cm³/mol. The van der Waals surface area contributed by atoms with Crippen LogP contribution in [-0.4, -0.2) is 50.0 Å². The smallest absolute Gasteiger partial charge is 0.242 e. The zero-order valence-corrected chi connectivity index (χ0v) is 24.0. The number of sulfonamides is 1. The van der Waals surface area contributed by atoms with E-state index in [2.05, 4.69) is 5.32 Å². The minimum absolute atomic E-state index is 0.0399. The number of carbonyl (C=O) groups excluding carboxylic acids is 2. The number of hydrogen-bond donors (Lipinski definition) is 1. The molecule has 7 nitrogen and oxygen atoms in total. The molecule has 0 bridgehead atoms. The van der Waals surface area contributed by atoms with Crippen LogP contribution in [0.1, 0.15) is 50.3 Å². The molecule has 0 heterocycles. The predicted octanol–water partition coefficient (Wildman–Crippen LogP) is 5.10. The molecule has 0 aliphatic carbocycles. The van der Waals surface area contributed by atoms with Gasteiger partial charge in [-0.2, -0.15) is 0 Å². The zero-order chi connectivity index (χ0) is 27.2. The topological polar surface area (TPSA) is 86.8 Å². The zero-order valence-electron chi connectivity index (χ0n) is 21.6. The van der Waals surface area contributed by atoms with Crippen molar-refractivity contribution < 1.29 is 18.0 Å². The molecular formula is C26H35Cl2N3O4S. The van der Waals surface area contributed by atoms with Gasteiger partial charge in [0.2, 0.25) is 21.8 Å². The fourth-order valence-electron chi connectivity index (χ4n) is 3.73. The summed E-state index contributed by atoms with van der Waals surface area (Å²) in [6.07, 6.45) is 1.45. The van der Waals surface area contributed by atoms with E-state index in [0.717, 1.165) is 17.4 Å². The van der Waals surface area contributed by atoms with Crippen molar-refractivity contribution in [2.45, 2.75) is 66.1 Å². The average molecular weight is 557 g/mol. The molecule has 0 fully saturated rings. The van der Waals surface area contributed by atoms with E-state index in [1.165, 1.54) is 9.21 Å². The highest BCUT2D eigenvalue weighted by Gasteiger charge is 2.28. The van der Waals surface area contributed by atoms with E-state index in [0.29, 0.717) is 21.3 Å². The molecule has 1 atom stereocenters. The molecule has 1 N–H and O–H groups in total. The second-order valence-electron chi connectivity index (χ2n) is 9.27. The van der Waals surface area contributed by atoms with E-state index in [1.807, 2.05) is 39.8 Å². The van der Waals surface area contributed by atoms with Crippen LogP contribution in [0.4, 0.5) is 5.69 Å². The van der Waals surface area contributed by atoms with Crippen molar-refractivity contribution in [1.82, 2.24) is 10.2 Å². The quantitative estimate of drug-likeness (QED) is 0.418. The van der Waals surface area contributed by atoms with Crippen molar-refractivity contribution in [3.63, 3.8) is 0 Å². The molecular weight excluding hydrogens is 521 g/mol. The Bertz CT molecular complexity index is 1180. The molecule has 36 heavy (non-hydrogen) atoms. The van der Waals surface area contributed by atoms with E-state index in [9.17, 15) is 18.0 Å². The highest BCUT2D eigenvalue weighted by molar-refractivity contribution is 7.92. The molecule has 0 aliphatic rings. The van der Waals surface area contributed by atoms with E-state index in [-0.39, 0.29) is 43.8 Å². The van der Waals surface area contributed by atoms with Crippen LogP contribution in [0, 0.1) is 13.8 Å². The Morgan fingerprint density at radius 2 is 1.61 bits per heavy atom. The van der Waals surface area contributed by atoms with Crippen LogP contribution in [-0.2, 0) is 26.2 Å². The van der Waals surface area contributed by atoms with Crippen LogP contribution >= 0.6 is 23.2 Å². The lowest BCUT2D eigenvalue weighted by atomic mass is 10.1. The summed E-state index contributed by atoms with van der Waals surface area (Å²) in [5.41, 5.74) is 3.14. The van der Waals surface area contributed by atoms with E-state index < -0.39 is 16.1 Å². The molecule has 0 spiro atoms. The van der Waals surface area contributed by atoms with Gasteiger partial charge >= 0.3 is 0 Å². The summed E-state index contributed by atoms with van der Waals surface area (Å²) in [7, 11) is -3.56. The van der Waals surface area contributed by atoms with E-state index in [4.69, 9.17) is 23.2 Å². The standard InChI is InChI=1S/C26H35Cl2N3O4S/c1-17(2)29-26(33)20(5)30(16-22-23(27)9-7-10-24(22)28)25(32)11-8-14-31(36(6,34)35)21-13-12-18(3)19(4)15-21/h7,9-10,12-13,15,17,20H,8,11,14,16H2,1-6H3,(H,29,33)/t20-/m0/s1. The summed E-state index contributed by atoms with van der Waals surface area (Å²) >= 11 is 12.7. The van der Waals surface area contributed by atoms with Crippen LogP contribution in [0.3, 0.4) is 0 Å². The van der Waals surface area contributed by atoms with Gasteiger partial charge in [-0.05, 0) is 76.4 Å². The normalized spacial score (nSPS) is 12.4. The molecule has 2 amide bonds. The molecule has 0 saturated heterocycles. The molecule has 0 aliphatic heterocycles. The Balaban J connectivity index is 2.24. The minimum Gasteiger partial charge on any atom is -0.352 e. The molecule has 2 rings (SSSR count). The third-order valence-corrected chi connectivity index (χ3v) is 7.82. The number of benzene rings is 2. The monoisotopic (exact) mass is 555 g/mol. The van der Waals surface area contributed by atoms with Crippen molar-refractivity contribution in [1.29, 1.82) is 0 Å². The highest BCUT2D eigenvalue weighted by Crippen LogP contribution is 2.27. The van der Waals surface area contributed by atoms with Gasteiger partial charge < -0.3 is 10.2 Å². The van der Waals surface area contributed by atoms with Gasteiger partial charge in [-0.1, -0.05) is 35.3 Å². The number of halogens is 2. The average Bonchev–Trinajstić information content (AvgIpc) is 2.76. The molecule has 0 aromatic heterocycles. The van der Waals surface area contributed by atoms with E-state index in [1.54, 1.807) is 31.2 Å². The maximum absolute atomic E-state index is 13.4. The van der Waals surface area contributed by atoms with Gasteiger partial charge in [-0.3, -0.25) is 13.9 Å². The summed E-state index contributed by atoms with van der Waals surface area (Å²) in [6, 6.07) is 9.65. The Morgan fingerprint density at radius 1 is 1.00 bits per heavy atom. The Hall–Kier alpha value is -2.29. The summed E-state index contributed by atoms with van der Waals surface area (Å²) in [5, 5.41) is 3.63. The third-order valence-electron chi connectivity index (χ3n) is 5.92. The minimum atomic E-state index is -3.56. The molecule has 2 aromatic rings. The van der Waals surface area contributed by atoms with Crippen LogP contribution < -0.4 is 9.62 Å². The Labute approximate surface area is 224 Å². The van der Waals surface area contributed by atoms with Gasteiger partial charge in [-0.25, -0.2) is 8.42 Å². The fraction of sp³-hybridized carbons (Fsp3) is 0.462.